The monoisotopic (exact) mass is 247 g/mol. The topological polar surface area (TPSA) is 53.1 Å². The maximum absolute atomic E-state index is 5.65. The lowest BCUT2D eigenvalue weighted by molar-refractivity contribution is 0.391. The summed E-state index contributed by atoms with van der Waals surface area (Å²) in [6.07, 6.45) is 3.63. The molecule has 0 radical (unpaired) electrons. The van der Waals surface area contributed by atoms with Gasteiger partial charge in [-0.2, -0.15) is 0 Å². The van der Waals surface area contributed by atoms with Gasteiger partial charge in [0.05, 0.1) is 19.3 Å². The molecule has 2 rings (SSSR count). The predicted molar refractivity (Wildman–Crippen MR) is 70.2 cm³/mol. The summed E-state index contributed by atoms with van der Waals surface area (Å²) in [6.45, 7) is 0.636. The number of nitrogens with two attached hydrogens (primary N) is 1. The van der Waals surface area contributed by atoms with Crippen LogP contribution in [-0.2, 0) is 6.54 Å². The number of rotatable bonds is 4. The summed E-state index contributed by atoms with van der Waals surface area (Å²) in [6, 6.07) is 7.65. The molecule has 5 heteroatoms. The zero-order valence-electron chi connectivity index (χ0n) is 9.46. The van der Waals surface area contributed by atoms with Crippen molar-refractivity contribution in [2.24, 2.45) is 5.73 Å². The van der Waals surface area contributed by atoms with Gasteiger partial charge in [-0.1, -0.05) is 18.3 Å². The van der Waals surface area contributed by atoms with Crippen molar-refractivity contribution in [1.82, 2.24) is 9.55 Å². The highest BCUT2D eigenvalue weighted by atomic mass is 32.1. The van der Waals surface area contributed by atoms with Crippen LogP contribution >= 0.6 is 12.2 Å². The molecule has 0 aliphatic carbocycles. The van der Waals surface area contributed by atoms with Crippen molar-refractivity contribution in [3.8, 4) is 5.88 Å². The molecule has 0 aliphatic heterocycles. The number of hydrogen-bond donors (Lipinski definition) is 1. The van der Waals surface area contributed by atoms with Crippen LogP contribution in [-0.4, -0.2) is 21.6 Å². The van der Waals surface area contributed by atoms with Crippen molar-refractivity contribution < 1.29 is 4.74 Å². The molecule has 0 atom stereocenters. The number of methoxy groups -OCH3 is 1. The Bertz CT molecular complexity index is 536. The molecule has 2 aromatic rings. The van der Waals surface area contributed by atoms with Gasteiger partial charge in [0.15, 0.2) is 0 Å². The Hall–Kier alpha value is -1.88. The second kappa shape index (κ2) is 4.97. The Morgan fingerprint density at radius 3 is 3.00 bits per heavy atom. The summed E-state index contributed by atoms with van der Waals surface area (Å²) in [4.78, 5) is 4.54. The van der Waals surface area contributed by atoms with E-state index in [0.717, 1.165) is 11.3 Å². The van der Waals surface area contributed by atoms with Gasteiger partial charge in [0.1, 0.15) is 4.99 Å². The molecular weight excluding hydrogens is 234 g/mol. The molecule has 88 valence electrons. The standard InChI is InChI=1S/C12H13N3OS/c1-16-12-9(4-2-6-14-12)8-15-7-3-5-10(15)11(13)17/h2-7H,8H2,1H3,(H2,13,17). The minimum Gasteiger partial charge on any atom is -0.481 e. The maximum atomic E-state index is 5.65. The summed E-state index contributed by atoms with van der Waals surface area (Å²) < 4.78 is 7.18. The highest BCUT2D eigenvalue weighted by Crippen LogP contribution is 2.16. The van der Waals surface area contributed by atoms with E-state index < -0.39 is 0 Å². The fourth-order valence-corrected chi connectivity index (χ4v) is 1.87. The molecule has 0 bridgehead atoms. The largest absolute Gasteiger partial charge is 0.481 e. The third-order valence-electron chi connectivity index (χ3n) is 2.47. The minimum atomic E-state index is 0.387. The van der Waals surface area contributed by atoms with E-state index in [9.17, 15) is 0 Å². The fraction of sp³-hybridized carbons (Fsp3) is 0.167. The van der Waals surface area contributed by atoms with Gasteiger partial charge in [-0.15, -0.1) is 0 Å². The van der Waals surface area contributed by atoms with Gasteiger partial charge in [0.25, 0.3) is 0 Å². The van der Waals surface area contributed by atoms with Gasteiger partial charge in [-0.05, 0) is 18.2 Å². The van der Waals surface area contributed by atoms with E-state index in [4.69, 9.17) is 22.7 Å². The smallest absolute Gasteiger partial charge is 0.218 e. The molecule has 4 nitrogen and oxygen atoms in total. The van der Waals surface area contributed by atoms with Gasteiger partial charge in [0, 0.05) is 18.0 Å². The van der Waals surface area contributed by atoms with Gasteiger partial charge in [-0.3, -0.25) is 0 Å². The summed E-state index contributed by atoms with van der Waals surface area (Å²) in [5.41, 5.74) is 7.48. The SMILES string of the molecule is COc1ncccc1Cn1cccc1C(N)=S. The van der Waals surface area contributed by atoms with Crippen LogP contribution in [0.3, 0.4) is 0 Å². The van der Waals surface area contributed by atoms with Crippen molar-refractivity contribution in [1.29, 1.82) is 0 Å². The first-order valence-electron chi connectivity index (χ1n) is 5.15. The highest BCUT2D eigenvalue weighted by molar-refractivity contribution is 7.80. The number of nitrogens with zero attached hydrogens (tertiary/aromatic N) is 2. The van der Waals surface area contributed by atoms with Crippen LogP contribution in [0.25, 0.3) is 0 Å². The lowest BCUT2D eigenvalue weighted by atomic mass is 10.2. The van der Waals surface area contributed by atoms with E-state index in [1.165, 1.54) is 0 Å². The normalized spacial score (nSPS) is 10.2. The van der Waals surface area contributed by atoms with E-state index in [1.54, 1.807) is 13.3 Å². The molecule has 0 aromatic carbocycles. The number of hydrogen-bond acceptors (Lipinski definition) is 3. The Balaban J connectivity index is 2.31. The van der Waals surface area contributed by atoms with Crippen LogP contribution in [0.4, 0.5) is 0 Å². The zero-order valence-corrected chi connectivity index (χ0v) is 10.3. The number of ether oxygens (including phenoxy) is 1. The van der Waals surface area contributed by atoms with Crippen LogP contribution in [0.5, 0.6) is 5.88 Å². The maximum Gasteiger partial charge on any atom is 0.218 e. The number of thiocarbonyl (C=S) groups is 1. The van der Waals surface area contributed by atoms with Gasteiger partial charge in [-0.25, -0.2) is 4.98 Å². The van der Waals surface area contributed by atoms with Crippen molar-refractivity contribution in [2.45, 2.75) is 6.54 Å². The Morgan fingerprint density at radius 1 is 1.47 bits per heavy atom. The molecule has 0 spiro atoms. The molecule has 2 heterocycles. The van der Waals surface area contributed by atoms with Crippen LogP contribution in [0.15, 0.2) is 36.7 Å². The van der Waals surface area contributed by atoms with Crippen molar-refractivity contribution >= 4 is 17.2 Å². The molecular formula is C12H13N3OS. The Morgan fingerprint density at radius 2 is 2.29 bits per heavy atom. The molecule has 17 heavy (non-hydrogen) atoms. The summed E-state index contributed by atoms with van der Waals surface area (Å²) in [5.74, 6) is 0.620. The second-order valence-corrected chi connectivity index (χ2v) is 4.00. The van der Waals surface area contributed by atoms with E-state index in [2.05, 4.69) is 4.98 Å². The van der Waals surface area contributed by atoms with E-state index >= 15 is 0 Å². The molecule has 0 fully saturated rings. The minimum absolute atomic E-state index is 0.387. The van der Waals surface area contributed by atoms with Crippen molar-refractivity contribution in [3.05, 3.63) is 47.9 Å². The van der Waals surface area contributed by atoms with Gasteiger partial charge < -0.3 is 15.0 Å². The van der Waals surface area contributed by atoms with E-state index in [-0.39, 0.29) is 0 Å². The number of aromatic nitrogens is 2. The lowest BCUT2D eigenvalue weighted by Gasteiger charge is -2.10. The Kier molecular flexibility index (Phi) is 3.39. The fourth-order valence-electron chi connectivity index (χ4n) is 1.69. The van der Waals surface area contributed by atoms with Crippen LogP contribution < -0.4 is 10.5 Å². The Labute approximate surface area is 105 Å². The molecule has 0 saturated carbocycles. The van der Waals surface area contributed by atoms with Crippen molar-refractivity contribution in [2.75, 3.05) is 7.11 Å². The first-order valence-corrected chi connectivity index (χ1v) is 5.56. The van der Waals surface area contributed by atoms with Gasteiger partial charge in [0.2, 0.25) is 5.88 Å². The molecule has 0 aliphatic rings. The second-order valence-electron chi connectivity index (χ2n) is 3.56. The van der Waals surface area contributed by atoms with Gasteiger partial charge >= 0.3 is 0 Å². The van der Waals surface area contributed by atoms with E-state index in [1.807, 2.05) is 35.0 Å². The molecule has 0 saturated heterocycles. The molecule has 2 aromatic heterocycles. The molecule has 2 N–H and O–H groups in total. The average Bonchev–Trinajstić information content (AvgIpc) is 2.78. The third kappa shape index (κ3) is 2.45. The average molecular weight is 247 g/mol. The first-order chi connectivity index (χ1) is 8.22. The van der Waals surface area contributed by atoms with Crippen LogP contribution in [0, 0.1) is 0 Å². The van der Waals surface area contributed by atoms with E-state index in [0.29, 0.717) is 17.4 Å². The van der Waals surface area contributed by atoms with Crippen LogP contribution in [0.2, 0.25) is 0 Å². The quantitative estimate of drug-likeness (QED) is 0.833. The lowest BCUT2D eigenvalue weighted by Crippen LogP contribution is -2.16. The van der Waals surface area contributed by atoms with Crippen molar-refractivity contribution in [3.63, 3.8) is 0 Å². The molecule has 0 unspecified atom stereocenters. The summed E-state index contributed by atoms with van der Waals surface area (Å²) in [5, 5.41) is 0. The highest BCUT2D eigenvalue weighted by Gasteiger charge is 2.08. The first kappa shape index (κ1) is 11.6. The predicted octanol–water partition coefficient (Wildman–Crippen LogP) is 1.57. The number of pyridine rings is 1. The zero-order chi connectivity index (χ0) is 12.3. The van der Waals surface area contributed by atoms with Crippen LogP contribution in [0.1, 0.15) is 11.3 Å². The molecule has 0 amide bonds. The summed E-state index contributed by atoms with van der Waals surface area (Å²) >= 11 is 4.99. The third-order valence-corrected chi connectivity index (χ3v) is 2.68. The summed E-state index contributed by atoms with van der Waals surface area (Å²) in [7, 11) is 1.61.